The molecule has 0 fully saturated rings. The molecule has 0 spiro atoms. The van der Waals surface area contributed by atoms with Crippen molar-refractivity contribution < 1.29 is 9.53 Å². The van der Waals surface area contributed by atoms with Crippen molar-refractivity contribution in [3.63, 3.8) is 0 Å². The van der Waals surface area contributed by atoms with Crippen molar-refractivity contribution in [3.05, 3.63) is 35.4 Å². The van der Waals surface area contributed by atoms with E-state index in [-0.39, 0.29) is 0 Å². The average molecular weight is 192 g/mol. The fourth-order valence-electron chi connectivity index (χ4n) is 1.39. The molecule has 0 heterocycles. The van der Waals surface area contributed by atoms with Crippen LogP contribution in [0.15, 0.2) is 24.3 Å². The van der Waals surface area contributed by atoms with E-state index in [1.165, 1.54) is 5.56 Å². The van der Waals surface area contributed by atoms with Crippen molar-refractivity contribution in [3.8, 4) is 0 Å². The molecule has 0 N–H and O–H groups in total. The van der Waals surface area contributed by atoms with Gasteiger partial charge < -0.3 is 9.53 Å². The Hall–Kier alpha value is -1.15. The highest BCUT2D eigenvalue weighted by Gasteiger charge is 2.03. The predicted molar refractivity (Wildman–Crippen MR) is 56.3 cm³/mol. The molecule has 0 saturated carbocycles. The smallest absolute Gasteiger partial charge is 0.120 e. The quantitative estimate of drug-likeness (QED) is 0.670. The summed E-state index contributed by atoms with van der Waals surface area (Å²) < 4.78 is 5.02. The molecule has 0 bridgehead atoms. The summed E-state index contributed by atoms with van der Waals surface area (Å²) in [6.45, 7) is 2.70. The molecule has 2 nitrogen and oxygen atoms in total. The van der Waals surface area contributed by atoms with Crippen molar-refractivity contribution in [1.82, 2.24) is 0 Å². The molecule has 0 aliphatic heterocycles. The van der Waals surface area contributed by atoms with Gasteiger partial charge in [-0.25, -0.2) is 0 Å². The summed E-state index contributed by atoms with van der Waals surface area (Å²) in [5.74, 6) is 0.309. The number of carbonyl (C=O) groups is 1. The monoisotopic (exact) mass is 192 g/mol. The van der Waals surface area contributed by atoms with E-state index in [9.17, 15) is 4.79 Å². The van der Waals surface area contributed by atoms with E-state index in [4.69, 9.17) is 4.74 Å². The minimum atomic E-state index is 0.309. The fraction of sp³-hybridized carbons (Fsp3) is 0.417. The lowest BCUT2D eigenvalue weighted by molar-refractivity contribution is -0.108. The van der Waals surface area contributed by atoms with E-state index in [1.807, 2.05) is 12.1 Å². The van der Waals surface area contributed by atoms with Gasteiger partial charge in [-0.15, -0.1) is 0 Å². The van der Waals surface area contributed by atoms with Gasteiger partial charge in [0.15, 0.2) is 0 Å². The highest BCUT2D eigenvalue weighted by molar-refractivity contribution is 5.51. The minimum Gasteiger partial charge on any atom is -0.380 e. The van der Waals surface area contributed by atoms with Gasteiger partial charge in [-0.2, -0.15) is 0 Å². The zero-order valence-electron chi connectivity index (χ0n) is 8.69. The second-order valence-corrected chi connectivity index (χ2v) is 3.48. The lowest BCUT2D eigenvalue weighted by atomic mass is 9.97. The molecular weight excluding hydrogens is 176 g/mol. The molecule has 0 aliphatic rings. The number of methoxy groups -OCH3 is 1. The third-order valence-corrected chi connectivity index (χ3v) is 2.31. The molecule has 1 unspecified atom stereocenters. The van der Waals surface area contributed by atoms with E-state index in [1.54, 1.807) is 7.11 Å². The van der Waals surface area contributed by atoms with Gasteiger partial charge in [0.2, 0.25) is 0 Å². The SMILES string of the molecule is COCc1ccc(C(C)CC=O)cc1. The van der Waals surface area contributed by atoms with Gasteiger partial charge in [0.1, 0.15) is 6.29 Å². The van der Waals surface area contributed by atoms with Crippen molar-refractivity contribution in [2.24, 2.45) is 0 Å². The molecule has 2 heteroatoms. The molecule has 0 amide bonds. The lowest BCUT2D eigenvalue weighted by Gasteiger charge is -2.08. The maximum Gasteiger partial charge on any atom is 0.120 e. The van der Waals surface area contributed by atoms with E-state index in [2.05, 4.69) is 19.1 Å². The van der Waals surface area contributed by atoms with Gasteiger partial charge in [-0.05, 0) is 17.0 Å². The van der Waals surface area contributed by atoms with Gasteiger partial charge in [0.25, 0.3) is 0 Å². The third-order valence-electron chi connectivity index (χ3n) is 2.31. The predicted octanol–water partition coefficient (Wildman–Crippen LogP) is 2.53. The molecule has 1 aromatic rings. The summed E-state index contributed by atoms with van der Waals surface area (Å²) in [6.07, 6.45) is 1.55. The highest BCUT2D eigenvalue weighted by Crippen LogP contribution is 2.18. The number of hydrogen-bond acceptors (Lipinski definition) is 2. The van der Waals surface area contributed by atoms with Gasteiger partial charge in [-0.3, -0.25) is 0 Å². The number of aldehydes is 1. The Morgan fingerprint density at radius 3 is 2.50 bits per heavy atom. The van der Waals surface area contributed by atoms with Crippen LogP contribution in [-0.4, -0.2) is 13.4 Å². The Morgan fingerprint density at radius 1 is 1.36 bits per heavy atom. The molecule has 14 heavy (non-hydrogen) atoms. The fourth-order valence-corrected chi connectivity index (χ4v) is 1.39. The van der Waals surface area contributed by atoms with Crippen LogP contribution in [0.4, 0.5) is 0 Å². The molecule has 1 rings (SSSR count). The summed E-state index contributed by atoms with van der Waals surface area (Å²) in [5.41, 5.74) is 2.37. The molecule has 1 atom stereocenters. The van der Waals surface area contributed by atoms with Gasteiger partial charge in [-0.1, -0.05) is 31.2 Å². The van der Waals surface area contributed by atoms with Gasteiger partial charge in [0, 0.05) is 13.5 Å². The minimum absolute atomic E-state index is 0.309. The lowest BCUT2D eigenvalue weighted by Crippen LogP contribution is -1.95. The summed E-state index contributed by atoms with van der Waals surface area (Å²) in [7, 11) is 1.68. The molecule has 0 aliphatic carbocycles. The normalized spacial score (nSPS) is 12.4. The van der Waals surface area contributed by atoms with Crippen LogP contribution in [0, 0.1) is 0 Å². The Balaban J connectivity index is 2.67. The number of hydrogen-bond donors (Lipinski definition) is 0. The van der Waals surface area contributed by atoms with Gasteiger partial charge >= 0.3 is 0 Å². The van der Waals surface area contributed by atoms with Crippen LogP contribution < -0.4 is 0 Å². The summed E-state index contributed by atoms with van der Waals surface area (Å²) >= 11 is 0. The Kier molecular flexibility index (Phi) is 4.33. The van der Waals surface area contributed by atoms with Crippen LogP contribution in [0.25, 0.3) is 0 Å². The van der Waals surface area contributed by atoms with Gasteiger partial charge in [0.05, 0.1) is 6.61 Å². The van der Waals surface area contributed by atoms with Crippen LogP contribution in [0.5, 0.6) is 0 Å². The zero-order valence-corrected chi connectivity index (χ0v) is 8.69. The van der Waals surface area contributed by atoms with Crippen molar-refractivity contribution >= 4 is 6.29 Å². The van der Waals surface area contributed by atoms with Crippen LogP contribution in [0.2, 0.25) is 0 Å². The summed E-state index contributed by atoms with van der Waals surface area (Å²) in [4.78, 5) is 10.3. The highest BCUT2D eigenvalue weighted by atomic mass is 16.5. The van der Waals surface area contributed by atoms with Crippen molar-refractivity contribution in [1.29, 1.82) is 0 Å². The first kappa shape index (κ1) is 10.9. The van der Waals surface area contributed by atoms with Crippen LogP contribution in [-0.2, 0) is 16.1 Å². The van der Waals surface area contributed by atoms with Crippen LogP contribution >= 0.6 is 0 Å². The Labute approximate surface area is 84.9 Å². The number of carbonyl (C=O) groups excluding carboxylic acids is 1. The van der Waals surface area contributed by atoms with Crippen LogP contribution in [0.3, 0.4) is 0 Å². The molecule has 76 valence electrons. The summed E-state index contributed by atoms with van der Waals surface area (Å²) in [6, 6.07) is 8.20. The number of benzene rings is 1. The topological polar surface area (TPSA) is 26.3 Å². The third kappa shape index (κ3) is 2.96. The van der Waals surface area contributed by atoms with E-state index in [0.717, 1.165) is 11.8 Å². The first-order valence-corrected chi connectivity index (χ1v) is 4.79. The van der Waals surface area contributed by atoms with E-state index < -0.39 is 0 Å². The molecule has 1 aromatic carbocycles. The maximum absolute atomic E-state index is 10.3. The van der Waals surface area contributed by atoms with Crippen LogP contribution in [0.1, 0.15) is 30.4 Å². The summed E-state index contributed by atoms with van der Waals surface area (Å²) in [5, 5.41) is 0. The number of rotatable bonds is 5. The molecular formula is C12H16O2. The Morgan fingerprint density at radius 2 is 2.00 bits per heavy atom. The zero-order chi connectivity index (χ0) is 10.4. The Bertz CT molecular complexity index is 277. The number of ether oxygens (including phenoxy) is 1. The largest absolute Gasteiger partial charge is 0.380 e. The van der Waals surface area contributed by atoms with Crippen molar-refractivity contribution in [2.75, 3.05) is 7.11 Å². The van der Waals surface area contributed by atoms with E-state index >= 15 is 0 Å². The molecule has 0 saturated heterocycles. The first-order chi connectivity index (χ1) is 6.77. The maximum atomic E-state index is 10.3. The standard InChI is InChI=1S/C12H16O2/c1-10(7-8-13)12-5-3-11(4-6-12)9-14-2/h3-6,8,10H,7,9H2,1-2H3. The average Bonchev–Trinajstić information content (AvgIpc) is 2.20. The van der Waals surface area contributed by atoms with E-state index in [0.29, 0.717) is 18.9 Å². The molecule has 0 radical (unpaired) electrons. The second-order valence-electron chi connectivity index (χ2n) is 3.48. The molecule has 0 aromatic heterocycles. The second kappa shape index (κ2) is 5.55. The van der Waals surface area contributed by atoms with Crippen molar-refractivity contribution in [2.45, 2.75) is 25.9 Å². The first-order valence-electron chi connectivity index (χ1n) is 4.79.